The van der Waals surface area contributed by atoms with Gasteiger partial charge in [0.2, 0.25) is 5.91 Å². The number of likely N-dealkylation sites (tertiary alicyclic amines) is 1. The number of amides is 1. The van der Waals surface area contributed by atoms with Crippen LogP contribution in [0.3, 0.4) is 0 Å². The number of hydrogen-bond donors (Lipinski definition) is 0. The minimum absolute atomic E-state index is 0.0479. The predicted molar refractivity (Wildman–Crippen MR) is 74.3 cm³/mol. The minimum atomic E-state index is -0.839. The molecule has 0 N–H and O–H groups in total. The number of carbonyl (C=O) groups is 3. The first kappa shape index (κ1) is 15.2. The van der Waals surface area contributed by atoms with Crippen molar-refractivity contribution in [2.75, 3.05) is 20.2 Å². The Bertz CT molecular complexity index is 522. The van der Waals surface area contributed by atoms with Crippen LogP contribution in [-0.2, 0) is 25.5 Å². The van der Waals surface area contributed by atoms with Crippen molar-refractivity contribution in [3.63, 3.8) is 0 Å². The summed E-state index contributed by atoms with van der Waals surface area (Å²) in [5.41, 5.74) is 1.04. The van der Waals surface area contributed by atoms with Gasteiger partial charge in [-0.1, -0.05) is 0 Å². The van der Waals surface area contributed by atoms with Crippen LogP contribution in [0.25, 0.3) is 0 Å². The Labute approximate surface area is 123 Å². The molecule has 1 fully saturated rings. The van der Waals surface area contributed by atoms with Crippen LogP contribution in [0.5, 0.6) is 0 Å². The summed E-state index contributed by atoms with van der Waals surface area (Å²) in [7, 11) is 1.25. The average Bonchev–Trinajstić information content (AvgIpc) is 2.53. The van der Waals surface area contributed by atoms with E-state index in [0.29, 0.717) is 19.4 Å². The van der Waals surface area contributed by atoms with Gasteiger partial charge in [0.15, 0.2) is 5.78 Å². The van der Waals surface area contributed by atoms with Gasteiger partial charge in [-0.15, -0.1) is 0 Å². The smallest absolute Gasteiger partial charge is 0.318 e. The van der Waals surface area contributed by atoms with Crippen LogP contribution in [0.2, 0.25) is 0 Å². The van der Waals surface area contributed by atoms with Gasteiger partial charge in [-0.05, 0) is 24.1 Å². The highest BCUT2D eigenvalue weighted by atomic mass is 16.5. The van der Waals surface area contributed by atoms with Crippen molar-refractivity contribution in [1.29, 1.82) is 0 Å². The largest absolute Gasteiger partial charge is 0.468 e. The lowest BCUT2D eigenvalue weighted by Crippen LogP contribution is -2.47. The molecule has 1 saturated heterocycles. The average molecular weight is 290 g/mol. The molecule has 1 unspecified atom stereocenters. The molecule has 2 rings (SSSR count). The van der Waals surface area contributed by atoms with Crippen LogP contribution in [0.15, 0.2) is 24.5 Å². The van der Waals surface area contributed by atoms with Crippen LogP contribution in [0, 0.1) is 5.92 Å². The van der Waals surface area contributed by atoms with Crippen molar-refractivity contribution < 1.29 is 19.1 Å². The molecule has 0 bridgehead atoms. The molecule has 0 aliphatic carbocycles. The van der Waals surface area contributed by atoms with Crippen molar-refractivity contribution in [2.45, 2.75) is 19.3 Å². The zero-order valence-corrected chi connectivity index (χ0v) is 11.9. The third-order valence-corrected chi connectivity index (χ3v) is 3.64. The fourth-order valence-electron chi connectivity index (χ4n) is 2.37. The molecule has 1 amide bonds. The molecule has 6 heteroatoms. The van der Waals surface area contributed by atoms with E-state index in [2.05, 4.69) is 9.72 Å². The van der Waals surface area contributed by atoms with Crippen molar-refractivity contribution in [2.24, 2.45) is 5.92 Å². The number of aromatic nitrogens is 1. The van der Waals surface area contributed by atoms with E-state index in [9.17, 15) is 14.4 Å². The molecular weight excluding hydrogens is 272 g/mol. The first-order valence-corrected chi connectivity index (χ1v) is 6.89. The maximum atomic E-state index is 12.2. The van der Waals surface area contributed by atoms with E-state index in [1.54, 1.807) is 17.3 Å². The molecule has 0 aromatic carbocycles. The quantitative estimate of drug-likeness (QED) is 0.599. The predicted octanol–water partition coefficient (Wildman–Crippen LogP) is 0.605. The maximum absolute atomic E-state index is 12.2. The van der Waals surface area contributed by atoms with Crippen molar-refractivity contribution in [1.82, 2.24) is 9.88 Å². The lowest BCUT2D eigenvalue weighted by molar-refractivity contribution is -0.153. The number of ether oxygens (including phenoxy) is 1. The van der Waals surface area contributed by atoms with E-state index in [1.807, 2.05) is 12.1 Å². The summed E-state index contributed by atoms with van der Waals surface area (Å²) in [5, 5.41) is 0. The Morgan fingerprint density at radius 3 is 2.76 bits per heavy atom. The Kier molecular flexibility index (Phi) is 5.03. The van der Waals surface area contributed by atoms with Gasteiger partial charge < -0.3 is 9.64 Å². The lowest BCUT2D eigenvalue weighted by Gasteiger charge is -2.30. The Hall–Kier alpha value is -2.24. The Morgan fingerprint density at radius 1 is 1.38 bits per heavy atom. The van der Waals surface area contributed by atoms with E-state index < -0.39 is 11.9 Å². The molecule has 1 aliphatic heterocycles. The van der Waals surface area contributed by atoms with E-state index in [0.717, 1.165) is 5.56 Å². The van der Waals surface area contributed by atoms with Crippen molar-refractivity contribution in [3.8, 4) is 0 Å². The van der Waals surface area contributed by atoms with Gasteiger partial charge in [-0.3, -0.25) is 19.4 Å². The summed E-state index contributed by atoms with van der Waals surface area (Å²) in [6, 6.07) is 3.73. The number of carbonyl (C=O) groups excluding carboxylic acids is 3. The number of ketones is 1. The van der Waals surface area contributed by atoms with Gasteiger partial charge in [-0.2, -0.15) is 0 Å². The van der Waals surface area contributed by atoms with Crippen LogP contribution in [0.1, 0.15) is 18.4 Å². The molecular formula is C15H18N2O4. The Balaban J connectivity index is 1.90. The van der Waals surface area contributed by atoms with Gasteiger partial charge in [0.1, 0.15) is 5.92 Å². The highest BCUT2D eigenvalue weighted by Gasteiger charge is 2.35. The highest BCUT2D eigenvalue weighted by Crippen LogP contribution is 2.16. The molecule has 1 aromatic heterocycles. The van der Waals surface area contributed by atoms with Crippen molar-refractivity contribution in [3.05, 3.63) is 30.1 Å². The van der Waals surface area contributed by atoms with E-state index >= 15 is 0 Å². The molecule has 1 atom stereocenters. The van der Waals surface area contributed by atoms with E-state index in [1.165, 1.54) is 7.11 Å². The zero-order chi connectivity index (χ0) is 15.2. The number of methoxy groups -OCH3 is 1. The number of Topliss-reactive ketones (excluding diaryl/α,β-unsaturated/α-hetero) is 1. The fraction of sp³-hybridized carbons (Fsp3) is 0.467. The van der Waals surface area contributed by atoms with Crippen LogP contribution >= 0.6 is 0 Å². The number of hydrogen-bond acceptors (Lipinski definition) is 5. The van der Waals surface area contributed by atoms with Gasteiger partial charge >= 0.3 is 5.97 Å². The summed E-state index contributed by atoms with van der Waals surface area (Å²) in [6.45, 7) is 0.502. The molecule has 112 valence electrons. The standard InChI is InChI=1S/C15H18N2O4/c1-21-15(20)12-10-17(9-6-13(12)18)14(19)3-2-11-4-7-16-8-5-11/h4-5,7-8,12H,2-3,6,9-10H2,1H3. The first-order valence-electron chi connectivity index (χ1n) is 6.89. The summed E-state index contributed by atoms with van der Waals surface area (Å²) in [4.78, 5) is 40.9. The number of aryl methyl sites for hydroxylation is 1. The Morgan fingerprint density at radius 2 is 2.10 bits per heavy atom. The molecule has 0 radical (unpaired) electrons. The summed E-state index contributed by atoms with van der Waals surface area (Å²) >= 11 is 0. The monoisotopic (exact) mass is 290 g/mol. The number of rotatable bonds is 4. The third kappa shape index (κ3) is 3.87. The maximum Gasteiger partial charge on any atom is 0.318 e. The highest BCUT2D eigenvalue weighted by molar-refractivity contribution is 6.00. The molecule has 0 saturated carbocycles. The van der Waals surface area contributed by atoms with Crippen LogP contribution in [-0.4, -0.2) is 47.7 Å². The normalized spacial score (nSPS) is 18.4. The molecule has 0 spiro atoms. The van der Waals surface area contributed by atoms with Crippen LogP contribution < -0.4 is 0 Å². The topological polar surface area (TPSA) is 76.6 Å². The molecule has 1 aromatic rings. The van der Waals surface area contributed by atoms with Crippen LogP contribution in [0.4, 0.5) is 0 Å². The summed E-state index contributed by atoms with van der Waals surface area (Å²) in [6.07, 6.45) is 4.56. The third-order valence-electron chi connectivity index (χ3n) is 3.64. The molecule has 6 nitrogen and oxygen atoms in total. The van der Waals surface area contributed by atoms with Gasteiger partial charge in [0, 0.05) is 38.3 Å². The number of piperidine rings is 1. The van der Waals surface area contributed by atoms with Gasteiger partial charge in [-0.25, -0.2) is 0 Å². The second-order valence-electron chi connectivity index (χ2n) is 4.99. The van der Waals surface area contributed by atoms with Gasteiger partial charge in [0.25, 0.3) is 0 Å². The van der Waals surface area contributed by atoms with Gasteiger partial charge in [0.05, 0.1) is 7.11 Å². The summed E-state index contributed by atoms with van der Waals surface area (Å²) < 4.78 is 4.61. The minimum Gasteiger partial charge on any atom is -0.468 e. The number of esters is 1. The molecule has 21 heavy (non-hydrogen) atoms. The lowest BCUT2D eigenvalue weighted by atomic mass is 9.96. The second kappa shape index (κ2) is 6.97. The molecule has 1 aliphatic rings. The van der Waals surface area contributed by atoms with E-state index in [-0.39, 0.29) is 24.7 Å². The number of nitrogens with zero attached hydrogens (tertiary/aromatic N) is 2. The fourth-order valence-corrected chi connectivity index (χ4v) is 2.37. The summed E-state index contributed by atoms with van der Waals surface area (Å²) in [5.74, 6) is -1.60. The SMILES string of the molecule is COC(=O)C1CN(C(=O)CCc2ccncc2)CCC1=O. The van der Waals surface area contributed by atoms with Crippen molar-refractivity contribution >= 4 is 17.7 Å². The number of pyridine rings is 1. The van der Waals surface area contributed by atoms with E-state index in [4.69, 9.17) is 0 Å². The second-order valence-corrected chi connectivity index (χ2v) is 4.99. The zero-order valence-electron chi connectivity index (χ0n) is 11.9. The molecule has 2 heterocycles. The first-order chi connectivity index (χ1) is 10.1.